The van der Waals surface area contributed by atoms with Gasteiger partial charge in [-0.1, -0.05) is 72.8 Å². The van der Waals surface area contributed by atoms with E-state index in [1.165, 1.54) is 0 Å². The number of methoxy groups -OCH3 is 2. The zero-order valence-electron chi connectivity index (χ0n) is 25.8. The molecule has 6 rings (SSSR count). The molecular weight excluding hydrogens is 582 g/mol. The second-order valence-electron chi connectivity index (χ2n) is 11.1. The lowest BCUT2D eigenvalue weighted by Gasteiger charge is -2.37. The minimum atomic E-state index is -1.03. The number of nitrogens with zero attached hydrogens (tertiary/aromatic N) is 2. The lowest BCUT2D eigenvalue weighted by molar-refractivity contribution is -0.103. The van der Waals surface area contributed by atoms with Crippen LogP contribution in [-0.4, -0.2) is 67.7 Å². The summed E-state index contributed by atoms with van der Waals surface area (Å²) in [5.41, 5.74) is 2.25. The van der Waals surface area contributed by atoms with Crippen molar-refractivity contribution >= 4 is 11.7 Å². The highest BCUT2D eigenvalue weighted by Crippen LogP contribution is 2.42. The number of aliphatic hydroxyl groups excluding tert-OH is 1. The Morgan fingerprint density at radius 2 is 1.43 bits per heavy atom. The summed E-state index contributed by atoms with van der Waals surface area (Å²) >= 11 is 0. The van der Waals surface area contributed by atoms with Crippen molar-refractivity contribution in [2.45, 2.75) is 30.5 Å². The largest absolute Gasteiger partial charge is 0.497 e. The zero-order valence-corrected chi connectivity index (χ0v) is 25.8. The third-order valence-electron chi connectivity index (χ3n) is 8.32. The topological polar surface area (TPSA) is 102 Å². The number of rotatable bonds is 10. The number of carbonyl (C=O) groups is 1. The molecule has 0 unspecified atom stereocenters. The molecule has 0 saturated carbocycles. The summed E-state index contributed by atoms with van der Waals surface area (Å²) in [6.07, 6.45) is 2.17. The number of aliphatic imine (C=N–C) groups is 1. The van der Waals surface area contributed by atoms with E-state index < -0.39 is 24.0 Å². The van der Waals surface area contributed by atoms with Gasteiger partial charge in [0.05, 0.1) is 26.9 Å². The molecular formula is C37H37N3O6. The number of benzene rings is 4. The molecule has 3 atom stereocenters. The molecule has 9 nitrogen and oxygen atoms in total. The molecule has 0 bridgehead atoms. The molecule has 9 heteroatoms. The Morgan fingerprint density at radius 3 is 1.98 bits per heavy atom. The van der Waals surface area contributed by atoms with Gasteiger partial charge in [-0.15, -0.1) is 0 Å². The predicted octanol–water partition coefficient (Wildman–Crippen LogP) is 5.10. The van der Waals surface area contributed by atoms with Crippen LogP contribution >= 0.6 is 0 Å². The minimum Gasteiger partial charge on any atom is -0.497 e. The van der Waals surface area contributed by atoms with Crippen molar-refractivity contribution in [1.29, 1.82) is 0 Å². The Balaban J connectivity index is 1.21. The molecule has 0 spiro atoms. The Bertz CT molecular complexity index is 1610. The van der Waals surface area contributed by atoms with Gasteiger partial charge < -0.3 is 34.3 Å². The summed E-state index contributed by atoms with van der Waals surface area (Å²) < 4.78 is 24.2. The maximum Gasteiger partial charge on any atom is 0.256 e. The van der Waals surface area contributed by atoms with Crippen molar-refractivity contribution in [2.75, 3.05) is 27.5 Å². The average molecular weight is 620 g/mol. The van der Waals surface area contributed by atoms with Gasteiger partial charge in [0.2, 0.25) is 0 Å². The lowest BCUT2D eigenvalue weighted by Crippen LogP contribution is -2.39. The predicted molar refractivity (Wildman–Crippen MR) is 175 cm³/mol. The highest BCUT2D eigenvalue weighted by atomic mass is 16.6. The Labute approximate surface area is 268 Å². The number of amides is 1. The third-order valence-corrected chi connectivity index (χ3v) is 8.32. The number of ether oxygens (including phenoxy) is 4. The molecule has 2 N–H and O–H groups in total. The van der Waals surface area contributed by atoms with Crippen LogP contribution in [0, 0.1) is 0 Å². The first-order valence-electron chi connectivity index (χ1n) is 15.2. The first-order valence-corrected chi connectivity index (χ1v) is 15.2. The molecule has 4 aromatic rings. The van der Waals surface area contributed by atoms with E-state index in [2.05, 4.69) is 10.3 Å². The summed E-state index contributed by atoms with van der Waals surface area (Å²) in [6.45, 7) is 0.390. The van der Waals surface area contributed by atoms with Crippen LogP contribution in [0.3, 0.4) is 0 Å². The Morgan fingerprint density at radius 1 is 0.870 bits per heavy atom. The highest BCUT2D eigenvalue weighted by molar-refractivity contribution is 6.10. The van der Waals surface area contributed by atoms with Crippen LogP contribution in [0.25, 0.3) is 0 Å². The number of aliphatic hydroxyl groups is 1. The monoisotopic (exact) mass is 619 g/mol. The lowest BCUT2D eigenvalue weighted by atomic mass is 9.80. The smallest absolute Gasteiger partial charge is 0.256 e. The van der Waals surface area contributed by atoms with E-state index in [0.29, 0.717) is 17.8 Å². The maximum atomic E-state index is 12.5. The van der Waals surface area contributed by atoms with Gasteiger partial charge in [0.25, 0.3) is 5.91 Å². The van der Waals surface area contributed by atoms with Crippen LogP contribution in [-0.2, 0) is 15.1 Å². The van der Waals surface area contributed by atoms with Gasteiger partial charge >= 0.3 is 0 Å². The van der Waals surface area contributed by atoms with Crippen LogP contribution in [0.15, 0.2) is 126 Å². The number of hydrogen-bond acceptors (Lipinski definition) is 8. The SMILES string of the molecule is COc1ccc(C(OC[C@H]2O[C@@H](N3C=CC(NC(=O)c4ccccc4)=NC3)C[C@@H]2O)(c2ccccc2)c2ccc(OC)cc2)cc1. The molecule has 1 amide bonds. The number of carbonyl (C=O) groups excluding carboxylic acids is 1. The van der Waals surface area contributed by atoms with Crippen LogP contribution in [0.1, 0.15) is 33.5 Å². The fourth-order valence-electron chi connectivity index (χ4n) is 5.82. The summed E-state index contributed by atoms with van der Waals surface area (Å²) in [6, 6.07) is 34.6. The molecule has 2 heterocycles. The van der Waals surface area contributed by atoms with E-state index in [-0.39, 0.29) is 19.2 Å². The van der Waals surface area contributed by atoms with Gasteiger partial charge in [-0.2, -0.15) is 0 Å². The molecule has 2 aliphatic heterocycles. The summed E-state index contributed by atoms with van der Waals surface area (Å²) in [5.74, 6) is 1.71. The quantitative estimate of drug-likeness (QED) is 0.238. The van der Waals surface area contributed by atoms with Gasteiger partial charge in [-0.05, 0) is 59.2 Å². The van der Waals surface area contributed by atoms with Crippen LogP contribution in [0.5, 0.6) is 11.5 Å². The molecule has 0 radical (unpaired) electrons. The van der Waals surface area contributed by atoms with Crippen LogP contribution in [0.4, 0.5) is 0 Å². The van der Waals surface area contributed by atoms with E-state index in [0.717, 1.165) is 28.2 Å². The van der Waals surface area contributed by atoms with Gasteiger partial charge in [0.1, 0.15) is 41.9 Å². The van der Waals surface area contributed by atoms with E-state index >= 15 is 0 Å². The second-order valence-corrected chi connectivity index (χ2v) is 11.1. The molecule has 0 aliphatic carbocycles. The van der Waals surface area contributed by atoms with E-state index in [1.807, 2.05) is 108 Å². The fraction of sp³-hybridized carbons (Fsp3) is 0.243. The first-order chi connectivity index (χ1) is 22.5. The Kier molecular flexibility index (Phi) is 9.44. The second kappa shape index (κ2) is 14.0. The Hall–Kier alpha value is -4.96. The fourth-order valence-corrected chi connectivity index (χ4v) is 5.82. The summed E-state index contributed by atoms with van der Waals surface area (Å²) in [4.78, 5) is 19.0. The average Bonchev–Trinajstić information content (AvgIpc) is 3.50. The van der Waals surface area contributed by atoms with Crippen molar-refractivity contribution in [2.24, 2.45) is 4.99 Å². The number of nitrogens with one attached hydrogen (secondary N) is 1. The van der Waals surface area contributed by atoms with Crippen molar-refractivity contribution in [3.05, 3.63) is 144 Å². The van der Waals surface area contributed by atoms with Crippen LogP contribution < -0.4 is 14.8 Å². The van der Waals surface area contributed by atoms with Gasteiger partial charge in [-0.25, -0.2) is 4.99 Å². The molecule has 1 fully saturated rings. The molecule has 46 heavy (non-hydrogen) atoms. The number of amidine groups is 1. The third kappa shape index (κ3) is 6.53. The van der Waals surface area contributed by atoms with Crippen molar-refractivity contribution in [3.63, 3.8) is 0 Å². The van der Waals surface area contributed by atoms with Gasteiger partial charge in [-0.3, -0.25) is 4.79 Å². The highest BCUT2D eigenvalue weighted by Gasteiger charge is 2.42. The molecule has 4 aromatic carbocycles. The van der Waals surface area contributed by atoms with E-state index in [4.69, 9.17) is 18.9 Å². The molecule has 0 aromatic heterocycles. The van der Waals surface area contributed by atoms with Crippen molar-refractivity contribution in [1.82, 2.24) is 10.2 Å². The van der Waals surface area contributed by atoms with E-state index in [9.17, 15) is 9.90 Å². The van der Waals surface area contributed by atoms with Gasteiger partial charge in [0, 0.05) is 18.2 Å². The molecule has 236 valence electrons. The zero-order chi connectivity index (χ0) is 31.9. The van der Waals surface area contributed by atoms with Crippen LogP contribution in [0.2, 0.25) is 0 Å². The van der Waals surface area contributed by atoms with E-state index in [1.54, 1.807) is 32.4 Å². The number of hydrogen-bond donors (Lipinski definition) is 2. The summed E-state index contributed by atoms with van der Waals surface area (Å²) in [7, 11) is 3.28. The normalized spacial score (nSPS) is 19.4. The minimum absolute atomic E-state index is 0.115. The summed E-state index contributed by atoms with van der Waals surface area (Å²) in [5, 5.41) is 14.0. The molecule has 2 aliphatic rings. The first kappa shape index (κ1) is 31.0. The van der Waals surface area contributed by atoms with Crippen molar-refractivity contribution in [3.8, 4) is 11.5 Å². The van der Waals surface area contributed by atoms with Crippen molar-refractivity contribution < 1.29 is 28.8 Å². The maximum absolute atomic E-state index is 12.5. The van der Waals surface area contributed by atoms with Gasteiger partial charge in [0.15, 0.2) is 0 Å². The standard InChI is InChI=1S/C37H37N3O6/c1-43-30-17-13-28(14-18-30)37(27-11-7-4-8-12-27,29-15-19-31(44-2)20-16-29)45-24-33-32(41)23-35(46-33)40-22-21-34(38-25-40)39-36(42)26-9-5-3-6-10-26/h3-22,32-33,35,41H,23-25H2,1-2H3,(H,38,39,42)/t32-,33+,35+/m0/s1. The molecule has 1 saturated heterocycles.